The lowest BCUT2D eigenvalue weighted by Gasteiger charge is -2.06. The second-order valence-electron chi connectivity index (χ2n) is 5.45. The standard InChI is InChI=1S/C19H18FNO/c20-18-10-3-1-8-16(18)14-21-13-15(7-5-6-12-22)17-9-2-4-11-19(17)21/h1-4,8-13H,5-7,14H2. The Bertz CT molecular complexity index is 791. The van der Waals surface area contributed by atoms with Gasteiger partial charge in [0.25, 0.3) is 0 Å². The lowest BCUT2D eigenvalue weighted by Crippen LogP contribution is -2.00. The van der Waals surface area contributed by atoms with Gasteiger partial charge in [0.15, 0.2) is 0 Å². The Morgan fingerprint density at radius 1 is 1.00 bits per heavy atom. The minimum atomic E-state index is -0.178. The number of halogens is 1. The van der Waals surface area contributed by atoms with Crippen molar-refractivity contribution in [2.75, 3.05) is 0 Å². The maximum Gasteiger partial charge on any atom is 0.128 e. The number of rotatable bonds is 6. The van der Waals surface area contributed by atoms with Crippen LogP contribution in [0.15, 0.2) is 54.7 Å². The lowest BCUT2D eigenvalue weighted by atomic mass is 10.1. The molecule has 0 atom stereocenters. The first-order valence-corrected chi connectivity index (χ1v) is 7.53. The predicted octanol–water partition coefficient (Wildman–Crippen LogP) is 4.35. The average Bonchev–Trinajstić information content (AvgIpc) is 2.88. The number of aldehydes is 1. The molecule has 2 aromatic carbocycles. The molecule has 2 nitrogen and oxygen atoms in total. The summed E-state index contributed by atoms with van der Waals surface area (Å²) in [6.07, 6.45) is 5.33. The Kier molecular flexibility index (Phi) is 4.33. The zero-order valence-electron chi connectivity index (χ0n) is 12.3. The van der Waals surface area contributed by atoms with Crippen molar-refractivity contribution in [2.24, 2.45) is 0 Å². The van der Waals surface area contributed by atoms with Gasteiger partial charge in [-0.1, -0.05) is 36.4 Å². The van der Waals surface area contributed by atoms with Gasteiger partial charge in [-0.3, -0.25) is 0 Å². The minimum Gasteiger partial charge on any atom is -0.343 e. The van der Waals surface area contributed by atoms with Crippen LogP contribution in [0.5, 0.6) is 0 Å². The first-order valence-electron chi connectivity index (χ1n) is 7.53. The summed E-state index contributed by atoms with van der Waals surface area (Å²) in [5.74, 6) is -0.178. The molecule has 1 aromatic heterocycles. The van der Waals surface area contributed by atoms with E-state index in [1.165, 1.54) is 17.0 Å². The SMILES string of the molecule is O=CCCCc1cn(Cc2ccccc2F)c2ccccc12. The Morgan fingerprint density at radius 3 is 2.59 bits per heavy atom. The van der Waals surface area contributed by atoms with Crippen LogP contribution in [0.3, 0.4) is 0 Å². The molecular weight excluding hydrogens is 277 g/mol. The Morgan fingerprint density at radius 2 is 1.77 bits per heavy atom. The molecule has 0 aliphatic carbocycles. The van der Waals surface area contributed by atoms with E-state index in [4.69, 9.17) is 0 Å². The summed E-state index contributed by atoms with van der Waals surface area (Å²) in [6, 6.07) is 15.0. The monoisotopic (exact) mass is 295 g/mol. The molecular formula is C19H18FNO. The molecule has 0 N–H and O–H groups in total. The van der Waals surface area contributed by atoms with Gasteiger partial charge < -0.3 is 9.36 Å². The number of hydrogen-bond donors (Lipinski definition) is 0. The van der Waals surface area contributed by atoms with Crippen LogP contribution in [-0.4, -0.2) is 10.9 Å². The van der Waals surface area contributed by atoms with Crippen LogP contribution >= 0.6 is 0 Å². The summed E-state index contributed by atoms with van der Waals surface area (Å²) in [5.41, 5.74) is 3.00. The van der Waals surface area contributed by atoms with Gasteiger partial charge in [-0.15, -0.1) is 0 Å². The van der Waals surface area contributed by atoms with Gasteiger partial charge in [-0.25, -0.2) is 4.39 Å². The van der Waals surface area contributed by atoms with E-state index in [-0.39, 0.29) is 5.82 Å². The van der Waals surface area contributed by atoms with Crippen molar-refractivity contribution in [3.63, 3.8) is 0 Å². The Hall–Kier alpha value is -2.42. The van der Waals surface area contributed by atoms with Crippen molar-refractivity contribution in [1.82, 2.24) is 4.57 Å². The number of para-hydroxylation sites is 1. The number of fused-ring (bicyclic) bond motifs is 1. The molecule has 3 heteroatoms. The molecule has 0 spiro atoms. The molecule has 0 aliphatic heterocycles. The summed E-state index contributed by atoms with van der Waals surface area (Å²) in [4.78, 5) is 10.5. The molecule has 0 bridgehead atoms. The smallest absolute Gasteiger partial charge is 0.128 e. The molecule has 0 aliphatic rings. The van der Waals surface area contributed by atoms with Crippen molar-refractivity contribution < 1.29 is 9.18 Å². The number of carbonyl (C=O) groups is 1. The van der Waals surface area contributed by atoms with E-state index >= 15 is 0 Å². The number of aryl methyl sites for hydroxylation is 1. The summed E-state index contributed by atoms with van der Waals surface area (Å²) >= 11 is 0. The predicted molar refractivity (Wildman–Crippen MR) is 86.4 cm³/mol. The zero-order valence-corrected chi connectivity index (χ0v) is 12.3. The summed E-state index contributed by atoms with van der Waals surface area (Å²) in [7, 11) is 0. The van der Waals surface area contributed by atoms with Gasteiger partial charge in [0.2, 0.25) is 0 Å². The van der Waals surface area contributed by atoms with E-state index < -0.39 is 0 Å². The fourth-order valence-electron chi connectivity index (χ4n) is 2.84. The fourth-order valence-corrected chi connectivity index (χ4v) is 2.84. The van der Waals surface area contributed by atoms with Gasteiger partial charge in [0.1, 0.15) is 12.1 Å². The number of unbranched alkanes of at least 4 members (excludes halogenated alkanes) is 1. The fraction of sp³-hybridized carbons (Fsp3) is 0.211. The first kappa shape index (κ1) is 14.5. The molecule has 0 unspecified atom stereocenters. The third kappa shape index (κ3) is 2.93. The van der Waals surface area contributed by atoms with Crippen LogP contribution in [0.2, 0.25) is 0 Å². The molecule has 112 valence electrons. The van der Waals surface area contributed by atoms with E-state index in [1.54, 1.807) is 6.07 Å². The topological polar surface area (TPSA) is 22.0 Å². The van der Waals surface area contributed by atoms with Gasteiger partial charge in [0.05, 0.1) is 6.54 Å². The number of benzene rings is 2. The molecule has 22 heavy (non-hydrogen) atoms. The van der Waals surface area contributed by atoms with Crippen LogP contribution in [0, 0.1) is 5.82 Å². The number of aromatic nitrogens is 1. The normalized spacial score (nSPS) is 11.0. The van der Waals surface area contributed by atoms with E-state index in [0.29, 0.717) is 18.5 Å². The molecule has 3 rings (SSSR count). The van der Waals surface area contributed by atoms with E-state index in [9.17, 15) is 9.18 Å². The highest BCUT2D eigenvalue weighted by atomic mass is 19.1. The van der Waals surface area contributed by atoms with Crippen LogP contribution in [-0.2, 0) is 17.8 Å². The third-order valence-electron chi connectivity index (χ3n) is 3.94. The summed E-state index contributed by atoms with van der Waals surface area (Å²) in [5, 5.41) is 1.18. The van der Waals surface area contributed by atoms with Gasteiger partial charge in [-0.2, -0.15) is 0 Å². The van der Waals surface area contributed by atoms with Gasteiger partial charge in [0, 0.05) is 29.1 Å². The first-order chi connectivity index (χ1) is 10.8. The van der Waals surface area contributed by atoms with E-state index in [2.05, 4.69) is 22.9 Å². The van der Waals surface area contributed by atoms with E-state index in [0.717, 1.165) is 24.6 Å². The molecule has 0 saturated heterocycles. The van der Waals surface area contributed by atoms with Crippen molar-refractivity contribution in [3.8, 4) is 0 Å². The molecule has 0 saturated carbocycles. The Labute approximate surface area is 129 Å². The molecule has 3 aromatic rings. The number of nitrogens with zero attached hydrogens (tertiary/aromatic N) is 1. The van der Waals surface area contributed by atoms with Gasteiger partial charge >= 0.3 is 0 Å². The molecule has 0 fully saturated rings. The van der Waals surface area contributed by atoms with Crippen molar-refractivity contribution in [2.45, 2.75) is 25.8 Å². The lowest BCUT2D eigenvalue weighted by molar-refractivity contribution is -0.107. The number of hydrogen-bond acceptors (Lipinski definition) is 1. The van der Waals surface area contributed by atoms with Crippen molar-refractivity contribution in [3.05, 3.63) is 71.7 Å². The summed E-state index contributed by atoms with van der Waals surface area (Å²) < 4.78 is 16.0. The second kappa shape index (κ2) is 6.56. The number of carbonyl (C=O) groups excluding carboxylic acids is 1. The zero-order chi connectivity index (χ0) is 15.4. The molecule has 0 radical (unpaired) electrons. The maximum atomic E-state index is 13.9. The maximum absolute atomic E-state index is 13.9. The largest absolute Gasteiger partial charge is 0.343 e. The average molecular weight is 295 g/mol. The molecule has 1 heterocycles. The van der Waals surface area contributed by atoms with Crippen LogP contribution in [0.4, 0.5) is 4.39 Å². The molecule has 0 amide bonds. The van der Waals surface area contributed by atoms with Gasteiger partial charge in [-0.05, 0) is 30.5 Å². The van der Waals surface area contributed by atoms with Crippen LogP contribution < -0.4 is 0 Å². The van der Waals surface area contributed by atoms with E-state index in [1.807, 2.05) is 24.3 Å². The van der Waals surface area contributed by atoms with Crippen molar-refractivity contribution in [1.29, 1.82) is 0 Å². The highest BCUT2D eigenvalue weighted by Crippen LogP contribution is 2.24. The Balaban J connectivity index is 1.95. The summed E-state index contributed by atoms with van der Waals surface area (Å²) in [6.45, 7) is 0.515. The minimum absolute atomic E-state index is 0.178. The highest BCUT2D eigenvalue weighted by Gasteiger charge is 2.09. The third-order valence-corrected chi connectivity index (χ3v) is 3.94. The van der Waals surface area contributed by atoms with Crippen molar-refractivity contribution >= 4 is 17.2 Å². The second-order valence-corrected chi connectivity index (χ2v) is 5.45. The highest BCUT2D eigenvalue weighted by molar-refractivity contribution is 5.84. The quantitative estimate of drug-likeness (QED) is 0.489. The van der Waals surface area contributed by atoms with Crippen LogP contribution in [0.1, 0.15) is 24.0 Å². The van der Waals surface area contributed by atoms with Crippen LogP contribution in [0.25, 0.3) is 10.9 Å².